The van der Waals surface area contributed by atoms with Crippen LogP contribution < -0.4 is 5.32 Å². The van der Waals surface area contributed by atoms with E-state index in [0.29, 0.717) is 19.0 Å². The number of carbonyl (C=O) groups excluding carboxylic acids is 1. The molecule has 0 unspecified atom stereocenters. The molecule has 7 nitrogen and oxygen atoms in total. The highest BCUT2D eigenvalue weighted by Gasteiger charge is 2.14. The summed E-state index contributed by atoms with van der Waals surface area (Å²) < 4.78 is 5.06. The van der Waals surface area contributed by atoms with Crippen LogP contribution in [0, 0.1) is 13.8 Å². The normalized spacial score (nSPS) is 10.9. The van der Waals surface area contributed by atoms with Crippen LogP contribution in [0.3, 0.4) is 0 Å². The summed E-state index contributed by atoms with van der Waals surface area (Å²) in [5.41, 5.74) is 3.17. The van der Waals surface area contributed by atoms with Crippen LogP contribution in [0.4, 0.5) is 0 Å². The first-order valence-corrected chi connectivity index (χ1v) is 6.65. The van der Waals surface area contributed by atoms with Crippen molar-refractivity contribution in [1.29, 1.82) is 0 Å². The molecule has 0 aromatic carbocycles. The van der Waals surface area contributed by atoms with Crippen LogP contribution in [0.5, 0.6) is 0 Å². The van der Waals surface area contributed by atoms with Crippen molar-refractivity contribution in [3.8, 4) is 0 Å². The van der Waals surface area contributed by atoms with Gasteiger partial charge in [-0.05, 0) is 38.6 Å². The van der Waals surface area contributed by atoms with Crippen molar-refractivity contribution < 1.29 is 9.32 Å². The third kappa shape index (κ3) is 4.09. The fraction of sp³-hybridized carbons (Fsp3) is 0.429. The highest BCUT2D eigenvalue weighted by Crippen LogP contribution is 2.09. The molecule has 0 fully saturated rings. The zero-order chi connectivity index (χ0) is 15.4. The van der Waals surface area contributed by atoms with E-state index in [1.165, 1.54) is 12.6 Å². The van der Waals surface area contributed by atoms with Crippen molar-refractivity contribution in [2.45, 2.75) is 26.9 Å². The van der Waals surface area contributed by atoms with Crippen molar-refractivity contribution >= 4 is 5.91 Å². The molecule has 0 saturated carbocycles. The number of pyridine rings is 1. The summed E-state index contributed by atoms with van der Waals surface area (Å²) in [4.78, 5) is 21.9. The number of amides is 1. The second-order valence-electron chi connectivity index (χ2n) is 5.04. The predicted octanol–water partition coefficient (Wildman–Crippen LogP) is 1.07. The molecule has 21 heavy (non-hydrogen) atoms. The highest BCUT2D eigenvalue weighted by atomic mass is 16.5. The average molecular weight is 289 g/mol. The van der Waals surface area contributed by atoms with E-state index in [1.807, 2.05) is 37.9 Å². The van der Waals surface area contributed by atoms with E-state index in [2.05, 4.69) is 20.4 Å². The first-order chi connectivity index (χ1) is 9.97. The fourth-order valence-corrected chi connectivity index (χ4v) is 2.09. The summed E-state index contributed by atoms with van der Waals surface area (Å²) in [6, 6.07) is 4.09. The molecule has 0 atom stereocenters. The van der Waals surface area contributed by atoms with Gasteiger partial charge in [0.25, 0.3) is 11.7 Å². The molecule has 0 aliphatic heterocycles. The molecule has 0 aliphatic rings. The molecule has 0 spiro atoms. The van der Waals surface area contributed by atoms with Gasteiger partial charge in [0.1, 0.15) is 0 Å². The van der Waals surface area contributed by atoms with Crippen molar-refractivity contribution in [1.82, 2.24) is 25.3 Å². The Morgan fingerprint density at radius 3 is 2.71 bits per heavy atom. The maximum atomic E-state index is 11.4. The zero-order valence-corrected chi connectivity index (χ0v) is 12.7. The van der Waals surface area contributed by atoms with Gasteiger partial charge in [0.2, 0.25) is 5.89 Å². The molecule has 7 heteroatoms. The smallest absolute Gasteiger partial charge is 0.292 e. The van der Waals surface area contributed by atoms with E-state index < -0.39 is 0 Å². The lowest BCUT2D eigenvalue weighted by Crippen LogP contribution is -2.20. The van der Waals surface area contributed by atoms with Gasteiger partial charge in [0.15, 0.2) is 0 Å². The standard InChI is InChI=1S/C14H19N5O2/c1-9-5-10(2)16-11(6-9)7-19(4)8-12-17-13(18-21-12)14(20)15-3/h5-6H,7-8H2,1-4H3,(H,15,20). The molecule has 0 radical (unpaired) electrons. The van der Waals surface area contributed by atoms with Gasteiger partial charge < -0.3 is 9.84 Å². The summed E-state index contributed by atoms with van der Waals surface area (Å²) in [5.74, 6) is 0.0922. The summed E-state index contributed by atoms with van der Waals surface area (Å²) in [6.45, 7) is 5.15. The summed E-state index contributed by atoms with van der Waals surface area (Å²) >= 11 is 0. The lowest BCUT2D eigenvalue weighted by molar-refractivity contribution is 0.0950. The number of aromatic nitrogens is 3. The Morgan fingerprint density at radius 1 is 1.29 bits per heavy atom. The maximum absolute atomic E-state index is 11.4. The molecular weight excluding hydrogens is 270 g/mol. The van der Waals surface area contributed by atoms with E-state index in [9.17, 15) is 4.79 Å². The van der Waals surface area contributed by atoms with E-state index in [-0.39, 0.29) is 11.7 Å². The van der Waals surface area contributed by atoms with E-state index in [0.717, 1.165) is 11.4 Å². The number of nitrogens with zero attached hydrogens (tertiary/aromatic N) is 4. The molecule has 0 saturated heterocycles. The van der Waals surface area contributed by atoms with Gasteiger partial charge in [-0.15, -0.1) is 0 Å². The van der Waals surface area contributed by atoms with Crippen LogP contribution in [0.1, 0.15) is 33.5 Å². The van der Waals surface area contributed by atoms with Crippen molar-refractivity contribution in [2.24, 2.45) is 0 Å². The minimum absolute atomic E-state index is 0.0467. The first kappa shape index (κ1) is 15.1. The maximum Gasteiger partial charge on any atom is 0.292 e. The molecule has 0 aliphatic carbocycles. The molecule has 1 N–H and O–H groups in total. The van der Waals surface area contributed by atoms with Crippen molar-refractivity contribution in [2.75, 3.05) is 14.1 Å². The third-order valence-corrected chi connectivity index (χ3v) is 2.89. The van der Waals surface area contributed by atoms with Crippen LogP contribution in [0.2, 0.25) is 0 Å². The minimum atomic E-state index is -0.358. The van der Waals surface area contributed by atoms with Gasteiger partial charge in [-0.3, -0.25) is 14.7 Å². The molecule has 2 aromatic heterocycles. The molecule has 0 bridgehead atoms. The fourth-order valence-electron chi connectivity index (χ4n) is 2.09. The quantitative estimate of drug-likeness (QED) is 0.886. The topological polar surface area (TPSA) is 84.2 Å². The van der Waals surface area contributed by atoms with Crippen LogP contribution in [0.15, 0.2) is 16.7 Å². The second kappa shape index (κ2) is 6.45. The summed E-state index contributed by atoms with van der Waals surface area (Å²) in [7, 11) is 3.46. The van der Waals surface area contributed by atoms with Crippen LogP contribution >= 0.6 is 0 Å². The SMILES string of the molecule is CNC(=O)c1noc(CN(C)Cc2cc(C)cc(C)n2)n1. The van der Waals surface area contributed by atoms with Crippen LogP contribution in [0.25, 0.3) is 0 Å². The lowest BCUT2D eigenvalue weighted by Gasteiger charge is -2.14. The Kier molecular flexibility index (Phi) is 4.64. The van der Waals surface area contributed by atoms with E-state index in [1.54, 1.807) is 0 Å². The van der Waals surface area contributed by atoms with Gasteiger partial charge in [-0.1, -0.05) is 5.16 Å². The van der Waals surface area contributed by atoms with Crippen molar-refractivity contribution in [3.05, 3.63) is 40.8 Å². The van der Waals surface area contributed by atoms with Gasteiger partial charge in [-0.2, -0.15) is 4.98 Å². The monoisotopic (exact) mass is 289 g/mol. The van der Waals surface area contributed by atoms with Crippen LogP contribution in [-0.2, 0) is 13.1 Å². The van der Waals surface area contributed by atoms with Crippen LogP contribution in [-0.4, -0.2) is 40.0 Å². The summed E-state index contributed by atoms with van der Waals surface area (Å²) in [5, 5.41) is 6.09. The molecule has 2 rings (SSSR count). The van der Waals surface area contributed by atoms with E-state index >= 15 is 0 Å². The van der Waals surface area contributed by atoms with Crippen molar-refractivity contribution in [3.63, 3.8) is 0 Å². The Bertz CT molecular complexity index is 618. The molecule has 1 amide bonds. The van der Waals surface area contributed by atoms with Gasteiger partial charge in [0.05, 0.1) is 12.2 Å². The number of carbonyl (C=O) groups is 1. The molecule has 112 valence electrons. The van der Waals surface area contributed by atoms with Gasteiger partial charge in [-0.25, -0.2) is 0 Å². The largest absolute Gasteiger partial charge is 0.352 e. The summed E-state index contributed by atoms with van der Waals surface area (Å²) in [6.07, 6.45) is 0. The second-order valence-corrected chi connectivity index (χ2v) is 5.04. The van der Waals surface area contributed by atoms with Gasteiger partial charge >= 0.3 is 0 Å². The third-order valence-electron chi connectivity index (χ3n) is 2.89. The number of hydrogen-bond donors (Lipinski definition) is 1. The Balaban J connectivity index is 1.99. The molecule has 2 aromatic rings. The Labute approximate surface area is 123 Å². The number of aryl methyl sites for hydroxylation is 2. The Morgan fingerprint density at radius 2 is 2.05 bits per heavy atom. The molecule has 2 heterocycles. The predicted molar refractivity (Wildman–Crippen MR) is 76.6 cm³/mol. The average Bonchev–Trinajstić information content (AvgIpc) is 2.84. The lowest BCUT2D eigenvalue weighted by atomic mass is 10.2. The van der Waals surface area contributed by atoms with E-state index in [4.69, 9.17) is 4.52 Å². The zero-order valence-electron chi connectivity index (χ0n) is 12.7. The number of rotatable bonds is 5. The molecular formula is C14H19N5O2. The highest BCUT2D eigenvalue weighted by molar-refractivity contribution is 5.89. The number of nitrogens with one attached hydrogen (secondary N) is 1. The van der Waals surface area contributed by atoms with Gasteiger partial charge in [0, 0.05) is 19.3 Å². The minimum Gasteiger partial charge on any atom is -0.352 e. The first-order valence-electron chi connectivity index (χ1n) is 6.65. The number of hydrogen-bond acceptors (Lipinski definition) is 6. The Hall–Kier alpha value is -2.28.